The lowest BCUT2D eigenvalue weighted by Crippen LogP contribution is -2.11. The molecule has 108 valence electrons. The third kappa shape index (κ3) is 3.22. The van der Waals surface area contributed by atoms with E-state index in [9.17, 15) is 4.39 Å². The number of nitriles is 1. The van der Waals surface area contributed by atoms with Gasteiger partial charge in [0.2, 0.25) is 0 Å². The topological polar surface area (TPSA) is 33.0 Å². The van der Waals surface area contributed by atoms with Crippen molar-refractivity contribution in [1.82, 2.24) is 0 Å². The Morgan fingerprint density at radius 1 is 1.10 bits per heavy atom. The maximum absolute atomic E-state index is 13.6. The average molecular weight is 283 g/mol. The molecule has 0 aliphatic heterocycles. The van der Waals surface area contributed by atoms with Gasteiger partial charge in [-0.1, -0.05) is 39.0 Å². The van der Waals surface area contributed by atoms with E-state index >= 15 is 0 Å². The standard InChI is InChI=1S/C18H18FNO/c1-12-10-13(18(2,3)4)8-9-16(12)21-17-7-5-6-15(19)14(17)11-20/h5-10H,1-4H3. The maximum Gasteiger partial charge on any atom is 0.148 e. The van der Waals surface area contributed by atoms with E-state index < -0.39 is 5.82 Å². The highest BCUT2D eigenvalue weighted by Crippen LogP contribution is 2.32. The molecule has 0 saturated heterocycles. The van der Waals surface area contributed by atoms with E-state index in [1.165, 1.54) is 17.7 Å². The van der Waals surface area contributed by atoms with Crippen molar-refractivity contribution in [2.75, 3.05) is 0 Å². The van der Waals surface area contributed by atoms with Crippen LogP contribution in [0.15, 0.2) is 36.4 Å². The Balaban J connectivity index is 2.38. The molecule has 2 aromatic carbocycles. The average Bonchev–Trinajstić information content (AvgIpc) is 2.40. The van der Waals surface area contributed by atoms with E-state index in [1.54, 1.807) is 6.07 Å². The second kappa shape index (κ2) is 5.57. The molecule has 21 heavy (non-hydrogen) atoms. The van der Waals surface area contributed by atoms with Crippen LogP contribution in [0.25, 0.3) is 0 Å². The molecule has 0 atom stereocenters. The van der Waals surface area contributed by atoms with Gasteiger partial charge in [0.25, 0.3) is 0 Å². The summed E-state index contributed by atoms with van der Waals surface area (Å²) in [6.45, 7) is 8.36. The molecule has 3 heteroatoms. The fraction of sp³-hybridized carbons (Fsp3) is 0.278. The molecule has 0 saturated carbocycles. The Morgan fingerprint density at radius 3 is 2.38 bits per heavy atom. The minimum Gasteiger partial charge on any atom is -0.456 e. The van der Waals surface area contributed by atoms with Crippen LogP contribution in [-0.2, 0) is 5.41 Å². The molecular weight excluding hydrogens is 265 g/mol. The Bertz CT molecular complexity index is 708. The van der Waals surface area contributed by atoms with Gasteiger partial charge in [0.05, 0.1) is 0 Å². The molecule has 0 spiro atoms. The van der Waals surface area contributed by atoms with Gasteiger partial charge in [-0.3, -0.25) is 0 Å². The summed E-state index contributed by atoms with van der Waals surface area (Å²) >= 11 is 0. The number of benzene rings is 2. The third-order valence-electron chi connectivity index (χ3n) is 3.35. The van der Waals surface area contributed by atoms with Crippen molar-refractivity contribution in [3.8, 4) is 17.6 Å². The highest BCUT2D eigenvalue weighted by Gasteiger charge is 2.16. The van der Waals surface area contributed by atoms with Crippen molar-refractivity contribution in [2.45, 2.75) is 33.1 Å². The number of hydrogen-bond donors (Lipinski definition) is 0. The van der Waals surface area contributed by atoms with Gasteiger partial charge in [-0.25, -0.2) is 4.39 Å². The van der Waals surface area contributed by atoms with Gasteiger partial charge in [0, 0.05) is 0 Å². The summed E-state index contributed by atoms with van der Waals surface area (Å²) in [7, 11) is 0. The summed E-state index contributed by atoms with van der Waals surface area (Å²) in [6.07, 6.45) is 0. The Labute approximate surface area is 124 Å². The monoisotopic (exact) mass is 283 g/mol. The SMILES string of the molecule is Cc1cc(C(C)(C)C)ccc1Oc1cccc(F)c1C#N. The van der Waals surface area contributed by atoms with E-state index in [0.29, 0.717) is 5.75 Å². The molecule has 2 nitrogen and oxygen atoms in total. The molecule has 0 N–H and O–H groups in total. The van der Waals surface area contributed by atoms with Gasteiger partial charge in [0.15, 0.2) is 0 Å². The predicted octanol–water partition coefficient (Wildman–Crippen LogP) is 5.10. The predicted molar refractivity (Wildman–Crippen MR) is 81.1 cm³/mol. The smallest absolute Gasteiger partial charge is 0.148 e. The zero-order valence-corrected chi connectivity index (χ0v) is 12.7. The second-order valence-electron chi connectivity index (χ2n) is 6.06. The van der Waals surface area contributed by atoms with Crippen LogP contribution in [0.5, 0.6) is 11.5 Å². The Kier molecular flexibility index (Phi) is 3.99. The number of rotatable bonds is 2. The minimum absolute atomic E-state index is 0.0555. The van der Waals surface area contributed by atoms with E-state index in [0.717, 1.165) is 5.56 Å². The first-order chi connectivity index (χ1) is 9.82. The molecule has 0 amide bonds. The molecule has 0 aliphatic carbocycles. The number of aryl methyl sites for hydroxylation is 1. The molecule has 0 unspecified atom stereocenters. The zero-order chi connectivity index (χ0) is 15.6. The van der Waals surface area contributed by atoms with Crippen molar-refractivity contribution < 1.29 is 9.13 Å². The molecule has 2 rings (SSSR count). The first kappa shape index (κ1) is 15.1. The summed E-state index contributed by atoms with van der Waals surface area (Å²) in [5, 5.41) is 9.03. The number of ether oxygens (including phenoxy) is 1. The minimum atomic E-state index is -0.570. The largest absolute Gasteiger partial charge is 0.456 e. The van der Waals surface area contributed by atoms with Crippen LogP contribution >= 0.6 is 0 Å². The van der Waals surface area contributed by atoms with Crippen LogP contribution in [0.4, 0.5) is 4.39 Å². The van der Waals surface area contributed by atoms with E-state index in [4.69, 9.17) is 10.00 Å². The van der Waals surface area contributed by atoms with E-state index in [1.807, 2.05) is 25.1 Å². The lowest BCUT2D eigenvalue weighted by molar-refractivity contribution is 0.469. The first-order valence-corrected chi connectivity index (χ1v) is 6.80. The number of hydrogen-bond acceptors (Lipinski definition) is 2. The molecular formula is C18H18FNO. The molecule has 0 radical (unpaired) electrons. The van der Waals surface area contributed by atoms with Crippen molar-refractivity contribution in [1.29, 1.82) is 5.26 Å². The van der Waals surface area contributed by atoms with Crippen LogP contribution < -0.4 is 4.74 Å². The molecule has 2 aromatic rings. The number of nitrogens with zero attached hydrogens (tertiary/aromatic N) is 1. The normalized spacial score (nSPS) is 11.0. The summed E-state index contributed by atoms with van der Waals surface area (Å²) < 4.78 is 19.3. The van der Waals surface area contributed by atoms with Crippen molar-refractivity contribution in [3.63, 3.8) is 0 Å². The summed E-state index contributed by atoms with van der Waals surface area (Å²) in [5.41, 5.74) is 2.14. The number of halogens is 1. The summed E-state index contributed by atoms with van der Waals surface area (Å²) in [5.74, 6) is 0.299. The third-order valence-corrected chi connectivity index (χ3v) is 3.35. The maximum atomic E-state index is 13.6. The van der Waals surface area contributed by atoms with E-state index in [2.05, 4.69) is 26.8 Å². The van der Waals surface area contributed by atoms with Crippen molar-refractivity contribution in [2.24, 2.45) is 0 Å². The molecule has 0 bridgehead atoms. The van der Waals surface area contributed by atoms with Gasteiger partial charge in [-0.05, 0) is 41.7 Å². The quantitative estimate of drug-likeness (QED) is 0.768. The zero-order valence-electron chi connectivity index (χ0n) is 12.7. The lowest BCUT2D eigenvalue weighted by Gasteiger charge is -2.20. The molecule has 0 heterocycles. The van der Waals surface area contributed by atoms with Crippen molar-refractivity contribution >= 4 is 0 Å². The lowest BCUT2D eigenvalue weighted by atomic mass is 9.86. The van der Waals surface area contributed by atoms with Gasteiger partial charge in [-0.2, -0.15) is 5.26 Å². The van der Waals surface area contributed by atoms with Crippen LogP contribution in [0.1, 0.15) is 37.5 Å². The molecule has 0 aromatic heterocycles. The van der Waals surface area contributed by atoms with Crippen LogP contribution in [0.3, 0.4) is 0 Å². The molecule has 0 fully saturated rings. The van der Waals surface area contributed by atoms with Gasteiger partial charge < -0.3 is 4.74 Å². The van der Waals surface area contributed by atoms with Gasteiger partial charge in [-0.15, -0.1) is 0 Å². The fourth-order valence-electron chi connectivity index (χ4n) is 2.05. The van der Waals surface area contributed by atoms with Crippen molar-refractivity contribution in [3.05, 3.63) is 58.9 Å². The van der Waals surface area contributed by atoms with Crippen LogP contribution in [0, 0.1) is 24.1 Å². The van der Waals surface area contributed by atoms with Gasteiger partial charge in [0.1, 0.15) is 28.9 Å². The highest BCUT2D eigenvalue weighted by atomic mass is 19.1. The van der Waals surface area contributed by atoms with Gasteiger partial charge >= 0.3 is 0 Å². The summed E-state index contributed by atoms with van der Waals surface area (Å²) in [4.78, 5) is 0. The van der Waals surface area contributed by atoms with Crippen LogP contribution in [-0.4, -0.2) is 0 Å². The highest BCUT2D eigenvalue weighted by molar-refractivity contribution is 5.48. The second-order valence-corrected chi connectivity index (χ2v) is 6.06. The Morgan fingerprint density at radius 2 is 1.81 bits per heavy atom. The summed E-state index contributed by atoms with van der Waals surface area (Å²) in [6, 6.07) is 12.1. The Hall–Kier alpha value is -2.34. The van der Waals surface area contributed by atoms with E-state index in [-0.39, 0.29) is 16.7 Å². The first-order valence-electron chi connectivity index (χ1n) is 6.80. The van der Waals surface area contributed by atoms with Crippen LogP contribution in [0.2, 0.25) is 0 Å². The molecule has 0 aliphatic rings. The fourth-order valence-corrected chi connectivity index (χ4v) is 2.05.